The van der Waals surface area contributed by atoms with Gasteiger partial charge in [0.2, 0.25) is 5.91 Å². The van der Waals surface area contributed by atoms with Crippen LogP contribution in [0.15, 0.2) is 109 Å². The normalized spacial score (nSPS) is 16.9. The van der Waals surface area contributed by atoms with Gasteiger partial charge < -0.3 is 70.4 Å². The predicted molar refractivity (Wildman–Crippen MR) is 422 cm³/mol. The maximum Gasteiger partial charge on any atom is 0.471 e. The number of nitrogens with zero attached hydrogens (tertiary/aromatic N) is 11. The van der Waals surface area contributed by atoms with Crippen LogP contribution in [0.1, 0.15) is 98.9 Å². The standard InChI is InChI=1S/C16H18F3N3O2.C15H22BClN2O2.C15H22BN3O2.C10H13BN2O3.C10H15BN2O.C9H10N2O2/c1-20-6-2-7-22(15(20)24)13-4-3-11-5-8-21(10-12(11)9-13)14(23)16(17,18)19;1-16(21)19-9-7-12-5-6-14(10-13(12)11-19)18-15(20)4-2-3-8-17;1-16(21)18-9-6-12-4-5-14(10-13(12)11-18)19-8-3-7-17(2)15(19)20;1-11(14)12-5-4-8-2-3-10(13(15)16)6-9(8)7-12;1-11(14)13-5-4-8-2-3-10(12)6-9(8)7-13;12-11(13)9-2-1-7-3-4-10-6-8(7)5-9/h3-4,9H,2,5-8,10H2,1H3;5-6,10,21H,2-4,7-9,11H2,1H3,(H,18,20);4-5,10,21H,3,6-9,11H2,1-2H3;2-3,6,14H,4-5,7H2,1H3;2-3,6,14H,4-5,7,12H2,1H3;1-2,5,10H,3-4,6H2. The zero-order valence-corrected chi connectivity index (χ0v) is 63.8. The molecule has 2 saturated heterocycles. The zero-order valence-electron chi connectivity index (χ0n) is 63.1. The van der Waals surface area contributed by atoms with E-state index in [1.54, 1.807) is 73.3 Å². The summed E-state index contributed by atoms with van der Waals surface area (Å²) in [5, 5.41) is 65.6. The van der Waals surface area contributed by atoms with E-state index >= 15 is 0 Å². The number of unbranched alkanes of at least 4 members (excludes halogenated alkanes) is 1. The second kappa shape index (κ2) is 39.3. The van der Waals surface area contributed by atoms with Crippen molar-refractivity contribution in [2.24, 2.45) is 0 Å². The number of urea groups is 2. The van der Waals surface area contributed by atoms with Gasteiger partial charge in [-0.2, -0.15) is 13.2 Å². The fraction of sp³-hybridized carbons (Fsp3) is 0.467. The number of amides is 6. The lowest BCUT2D eigenvalue weighted by molar-refractivity contribution is -0.385. The molecule has 8 aliphatic rings. The average molecular weight is 1530 g/mol. The third-order valence-electron chi connectivity index (χ3n) is 20.9. The van der Waals surface area contributed by atoms with Crippen molar-refractivity contribution in [3.63, 3.8) is 0 Å². The summed E-state index contributed by atoms with van der Waals surface area (Å²) in [5.41, 5.74) is 22.9. The van der Waals surface area contributed by atoms with Crippen LogP contribution in [0.4, 0.5) is 56.9 Å². The van der Waals surface area contributed by atoms with E-state index < -0.39 is 33.2 Å². The number of nitrogen functional groups attached to an aromatic ring is 1. The summed E-state index contributed by atoms with van der Waals surface area (Å²) in [6.07, 6.45) is 4.22. The van der Waals surface area contributed by atoms with E-state index in [0.717, 1.165) is 174 Å². The number of nitro groups is 2. The van der Waals surface area contributed by atoms with Crippen molar-refractivity contribution < 1.29 is 62.3 Å². The lowest BCUT2D eigenvalue weighted by Crippen LogP contribution is -2.47. The van der Waals surface area contributed by atoms with E-state index in [9.17, 15) is 72.7 Å². The number of carbonyl (C=O) groups excluding carboxylic acids is 4. The number of non-ortho nitro benzene ring substituents is 2. The molecule has 0 spiro atoms. The minimum atomic E-state index is -4.86. The maximum atomic E-state index is 12.6. The van der Waals surface area contributed by atoms with E-state index in [-0.39, 0.29) is 59.3 Å². The minimum Gasteiger partial charge on any atom is -0.437 e. The van der Waals surface area contributed by atoms with Gasteiger partial charge in [0.05, 0.1) is 9.85 Å². The van der Waals surface area contributed by atoms with Crippen LogP contribution in [0.5, 0.6) is 0 Å². The number of nitrogens with one attached hydrogen (secondary N) is 2. The number of nitro benzene ring substituents is 2. The topological polar surface area (TPSA) is 315 Å². The summed E-state index contributed by atoms with van der Waals surface area (Å²) in [5.74, 6) is -1.18. The third kappa shape index (κ3) is 23.5. The van der Waals surface area contributed by atoms with Crippen molar-refractivity contribution in [2.45, 2.75) is 143 Å². The first-order chi connectivity index (χ1) is 51.9. The van der Waals surface area contributed by atoms with Gasteiger partial charge in [-0.3, -0.25) is 39.6 Å². The molecule has 6 aromatic rings. The third-order valence-corrected chi connectivity index (χ3v) is 21.2. The molecule has 14 rings (SSSR count). The van der Waals surface area contributed by atoms with Gasteiger partial charge in [0.25, 0.3) is 11.4 Å². The Bertz CT molecular complexity index is 4170. The molecular weight excluding hydrogens is 1420 g/mol. The molecule has 0 unspecified atom stereocenters. The molecule has 109 heavy (non-hydrogen) atoms. The SMILES string of the molecule is CB(O)N1CCc2ccc(N)cc2C1.CB(O)N1CCc2ccc(N3CCCN(C)C3=O)cc2C1.CB(O)N1CCc2ccc(NC(=O)CCCCCl)cc2C1.CB(O)N1CCc2ccc([N+](=O)[O-])cc2C1.CN1CCCN(c2ccc3c(c2)CN(C(=O)C(F)(F)F)CC3)C1=O.O=[N+]([O-])c1ccc2c(c1)CNCC2. The first-order valence-corrected chi connectivity index (χ1v) is 37.9. The fourth-order valence-corrected chi connectivity index (χ4v) is 14.6. The van der Waals surface area contributed by atoms with Crippen LogP contribution >= 0.6 is 11.6 Å². The molecule has 8 N–H and O–H groups in total. The molecule has 6 amide bonds. The maximum absolute atomic E-state index is 12.6. The highest BCUT2D eigenvalue weighted by molar-refractivity contribution is 6.46. The highest BCUT2D eigenvalue weighted by Gasteiger charge is 2.43. The Balaban J connectivity index is 0.000000153. The molecule has 0 aromatic heterocycles. The Kier molecular flexibility index (Phi) is 30.5. The van der Waals surface area contributed by atoms with Gasteiger partial charge >= 0.3 is 52.3 Å². The van der Waals surface area contributed by atoms with Gasteiger partial charge in [0, 0.05) is 145 Å². The Labute approximate surface area is 642 Å². The zero-order chi connectivity index (χ0) is 78.8. The molecular formula is C75H100B4ClF3N14O12. The van der Waals surface area contributed by atoms with Crippen molar-refractivity contribution in [3.8, 4) is 0 Å². The number of anilines is 4. The molecule has 0 atom stereocenters. The molecule has 2 fully saturated rings. The second-order valence-electron chi connectivity index (χ2n) is 28.8. The second-order valence-corrected chi connectivity index (χ2v) is 29.1. The number of hydrogen-bond donors (Lipinski definition) is 7. The molecule has 8 heterocycles. The monoisotopic (exact) mass is 1520 g/mol. The molecule has 0 saturated carbocycles. The largest absolute Gasteiger partial charge is 0.471 e. The van der Waals surface area contributed by atoms with Crippen LogP contribution < -0.4 is 26.2 Å². The van der Waals surface area contributed by atoms with Crippen LogP contribution in [0, 0.1) is 20.2 Å². The Hall–Kier alpha value is -8.62. The average Bonchev–Trinajstić information content (AvgIpc) is 0.836. The Morgan fingerprint density at radius 2 is 0.908 bits per heavy atom. The number of alkyl halides is 4. The lowest BCUT2D eigenvalue weighted by atomic mass is 9.81. The Morgan fingerprint density at radius 1 is 0.514 bits per heavy atom. The summed E-state index contributed by atoms with van der Waals surface area (Å²) in [6.45, 7) is 18.0. The number of benzene rings is 6. The summed E-state index contributed by atoms with van der Waals surface area (Å²) in [7, 11) is 1.83. The van der Waals surface area contributed by atoms with Crippen LogP contribution in [-0.2, 0) is 87.4 Å². The number of halogens is 4. The van der Waals surface area contributed by atoms with E-state index in [1.165, 1.54) is 45.0 Å². The number of carbonyl (C=O) groups is 4. The quantitative estimate of drug-likeness (QED) is 0.0141. The molecule has 6 aromatic carbocycles. The van der Waals surface area contributed by atoms with Crippen molar-refractivity contribution in [3.05, 3.63) is 196 Å². The van der Waals surface area contributed by atoms with Crippen molar-refractivity contribution in [2.75, 3.05) is 106 Å². The van der Waals surface area contributed by atoms with Gasteiger partial charge in [-0.1, -0.05) is 36.4 Å². The predicted octanol–water partition coefficient (Wildman–Crippen LogP) is 9.36. The van der Waals surface area contributed by atoms with Crippen molar-refractivity contribution in [1.29, 1.82) is 0 Å². The van der Waals surface area contributed by atoms with Crippen LogP contribution in [0.3, 0.4) is 0 Å². The fourth-order valence-electron chi connectivity index (χ4n) is 14.4. The molecule has 0 aliphatic carbocycles. The smallest absolute Gasteiger partial charge is 0.437 e. The first-order valence-electron chi connectivity index (χ1n) is 37.4. The van der Waals surface area contributed by atoms with Crippen LogP contribution in [0.2, 0.25) is 27.3 Å². The molecule has 0 bridgehead atoms. The molecule has 0 radical (unpaired) electrons. The van der Waals surface area contributed by atoms with Gasteiger partial charge in [-0.25, -0.2) is 9.59 Å². The van der Waals surface area contributed by atoms with Crippen LogP contribution in [-0.4, -0.2) is 208 Å². The van der Waals surface area contributed by atoms with E-state index in [1.807, 2.05) is 81.0 Å². The Morgan fingerprint density at radius 3 is 1.36 bits per heavy atom. The number of rotatable bonds is 13. The van der Waals surface area contributed by atoms with Crippen LogP contribution in [0.25, 0.3) is 0 Å². The number of hydrogen-bond acceptors (Lipinski definition) is 18. The highest BCUT2D eigenvalue weighted by atomic mass is 35.5. The summed E-state index contributed by atoms with van der Waals surface area (Å²) in [4.78, 5) is 83.8. The summed E-state index contributed by atoms with van der Waals surface area (Å²) >= 11 is 5.61. The van der Waals surface area contributed by atoms with Crippen molar-refractivity contribution in [1.82, 2.24) is 39.3 Å². The molecule has 582 valence electrons. The summed E-state index contributed by atoms with van der Waals surface area (Å²) < 4.78 is 37.9. The van der Waals surface area contributed by atoms with E-state index in [4.69, 9.17) is 17.3 Å². The van der Waals surface area contributed by atoms with E-state index in [0.29, 0.717) is 49.6 Å². The molecule has 34 heteroatoms. The van der Waals surface area contributed by atoms with Gasteiger partial charge in [0.1, 0.15) is 0 Å². The highest BCUT2D eigenvalue weighted by Crippen LogP contribution is 2.33. The minimum absolute atomic E-state index is 0.0308. The van der Waals surface area contributed by atoms with Gasteiger partial charge in [-0.15, -0.1) is 11.6 Å². The van der Waals surface area contributed by atoms with Gasteiger partial charge in [-0.05, 0) is 240 Å². The molecule has 26 nitrogen and oxygen atoms in total. The first kappa shape index (κ1) is 84.4. The van der Waals surface area contributed by atoms with E-state index in [2.05, 4.69) is 39.7 Å². The number of fused-ring (bicyclic) bond motifs is 6. The summed E-state index contributed by atoms with van der Waals surface area (Å²) in [6, 6.07) is 33.7. The lowest BCUT2D eigenvalue weighted by Gasteiger charge is -2.35. The van der Waals surface area contributed by atoms with Gasteiger partial charge in [0.15, 0.2) is 0 Å². The number of nitrogens with two attached hydrogens (primary N) is 1. The molecule has 8 aliphatic heterocycles. The van der Waals surface area contributed by atoms with Crippen molar-refractivity contribution >= 4 is 97.8 Å².